The fraction of sp³-hybridized carbons (Fsp3) is 0.600. The fourth-order valence-corrected chi connectivity index (χ4v) is 3.39. The molecule has 2 nitrogen and oxygen atoms in total. The van der Waals surface area contributed by atoms with Crippen LogP contribution in [0, 0.1) is 5.41 Å². The van der Waals surface area contributed by atoms with Crippen molar-refractivity contribution in [3.05, 3.63) is 23.2 Å². The lowest BCUT2D eigenvalue weighted by Gasteiger charge is -2.52. The van der Waals surface area contributed by atoms with Gasteiger partial charge in [-0.3, -0.25) is 0 Å². The molecule has 0 saturated carbocycles. The first kappa shape index (κ1) is 13.5. The van der Waals surface area contributed by atoms with Gasteiger partial charge in [0.15, 0.2) is 0 Å². The molecule has 2 N–H and O–H groups in total. The molecule has 1 aromatic rings. The average molecular weight is 267 g/mol. The molecule has 0 bridgehead atoms. The third kappa shape index (κ3) is 2.59. The Morgan fingerprint density at radius 1 is 1.22 bits per heavy atom. The Morgan fingerprint density at radius 3 is 2.39 bits per heavy atom. The number of hydrogen-bond donors (Lipinski definition) is 1. The van der Waals surface area contributed by atoms with E-state index in [4.69, 9.17) is 17.3 Å². The number of nitrogens with zero attached hydrogens (tertiary/aromatic N) is 1. The van der Waals surface area contributed by atoms with Crippen LogP contribution in [0.1, 0.15) is 39.5 Å². The van der Waals surface area contributed by atoms with Crippen molar-refractivity contribution in [3.63, 3.8) is 0 Å². The molecule has 0 aromatic heterocycles. The zero-order valence-corrected chi connectivity index (χ0v) is 12.1. The van der Waals surface area contributed by atoms with Crippen LogP contribution in [0.2, 0.25) is 5.02 Å². The first-order valence-corrected chi connectivity index (χ1v) is 7.28. The molecule has 0 amide bonds. The van der Waals surface area contributed by atoms with Gasteiger partial charge in [-0.1, -0.05) is 38.3 Å². The lowest BCUT2D eigenvalue weighted by atomic mass is 9.72. The van der Waals surface area contributed by atoms with E-state index in [1.54, 1.807) is 0 Å². The molecule has 1 aliphatic rings. The minimum atomic E-state index is 0.512. The molecule has 0 spiro atoms. The molecule has 1 aromatic carbocycles. The smallest absolute Gasteiger partial charge is 0.0615 e. The van der Waals surface area contributed by atoms with Crippen LogP contribution in [-0.2, 0) is 0 Å². The Balaban J connectivity index is 2.08. The second-order valence-corrected chi connectivity index (χ2v) is 6.00. The maximum absolute atomic E-state index is 6.05. The van der Waals surface area contributed by atoms with Gasteiger partial charge in [-0.05, 0) is 31.0 Å². The molecule has 1 heterocycles. The van der Waals surface area contributed by atoms with Gasteiger partial charge >= 0.3 is 0 Å². The normalized spacial score (nSPS) is 17.6. The molecule has 0 aliphatic carbocycles. The van der Waals surface area contributed by atoms with Crippen molar-refractivity contribution in [1.82, 2.24) is 0 Å². The van der Waals surface area contributed by atoms with Gasteiger partial charge in [0.1, 0.15) is 0 Å². The van der Waals surface area contributed by atoms with Crippen molar-refractivity contribution in [2.24, 2.45) is 5.41 Å². The summed E-state index contributed by atoms with van der Waals surface area (Å²) in [6, 6.07) is 5.74. The summed E-state index contributed by atoms with van der Waals surface area (Å²) in [6.45, 7) is 6.79. The quantitative estimate of drug-likeness (QED) is 0.804. The van der Waals surface area contributed by atoms with Crippen LogP contribution in [0.4, 0.5) is 11.4 Å². The summed E-state index contributed by atoms with van der Waals surface area (Å²) < 4.78 is 0. The zero-order chi connectivity index (χ0) is 13.2. The molecule has 100 valence electrons. The largest absolute Gasteiger partial charge is 0.397 e. The van der Waals surface area contributed by atoms with Crippen molar-refractivity contribution in [1.29, 1.82) is 0 Å². The van der Waals surface area contributed by atoms with Gasteiger partial charge in [0.2, 0.25) is 0 Å². The molecule has 2 rings (SSSR count). The molecule has 1 aliphatic heterocycles. The average Bonchev–Trinajstić information content (AvgIpc) is 2.29. The van der Waals surface area contributed by atoms with E-state index in [0.717, 1.165) is 29.5 Å². The molecule has 1 fully saturated rings. The molecule has 1 saturated heterocycles. The van der Waals surface area contributed by atoms with Crippen molar-refractivity contribution >= 4 is 23.0 Å². The summed E-state index contributed by atoms with van der Waals surface area (Å²) in [5.41, 5.74) is 8.48. The van der Waals surface area contributed by atoms with Gasteiger partial charge in [0, 0.05) is 23.5 Å². The lowest BCUT2D eigenvalue weighted by molar-refractivity contribution is 0.173. The summed E-state index contributed by atoms with van der Waals surface area (Å²) >= 11 is 6.05. The van der Waals surface area contributed by atoms with Crippen LogP contribution in [0.15, 0.2) is 18.2 Å². The third-order valence-corrected chi connectivity index (χ3v) is 4.18. The van der Waals surface area contributed by atoms with Crippen LogP contribution in [-0.4, -0.2) is 13.1 Å². The molecular formula is C15H23ClN2. The maximum atomic E-state index is 6.05. The molecule has 0 unspecified atom stereocenters. The monoisotopic (exact) mass is 266 g/mol. The van der Waals surface area contributed by atoms with E-state index in [2.05, 4.69) is 18.7 Å². The van der Waals surface area contributed by atoms with Gasteiger partial charge in [0.25, 0.3) is 0 Å². The molecule has 0 radical (unpaired) electrons. The number of halogens is 1. The van der Waals surface area contributed by atoms with Gasteiger partial charge in [-0.25, -0.2) is 0 Å². The first-order chi connectivity index (χ1) is 8.60. The highest BCUT2D eigenvalue weighted by molar-refractivity contribution is 6.31. The Kier molecular flexibility index (Phi) is 4.06. The zero-order valence-electron chi connectivity index (χ0n) is 11.4. The lowest BCUT2D eigenvalue weighted by Crippen LogP contribution is -2.56. The van der Waals surface area contributed by atoms with E-state index < -0.39 is 0 Å². The SMILES string of the molecule is CCCC1(CCC)CN(c2cc(Cl)ccc2N)C1. The minimum Gasteiger partial charge on any atom is -0.397 e. The minimum absolute atomic E-state index is 0.512. The summed E-state index contributed by atoms with van der Waals surface area (Å²) in [5, 5.41) is 0.766. The van der Waals surface area contributed by atoms with Gasteiger partial charge in [0.05, 0.1) is 11.4 Å². The number of benzene rings is 1. The van der Waals surface area contributed by atoms with E-state index in [-0.39, 0.29) is 0 Å². The second kappa shape index (κ2) is 5.40. The molecule has 18 heavy (non-hydrogen) atoms. The van der Waals surface area contributed by atoms with E-state index in [0.29, 0.717) is 5.41 Å². The van der Waals surface area contributed by atoms with Crippen LogP contribution >= 0.6 is 11.6 Å². The number of hydrogen-bond acceptors (Lipinski definition) is 2. The predicted octanol–water partition coefficient (Wildman–Crippen LogP) is 4.33. The van der Waals surface area contributed by atoms with E-state index >= 15 is 0 Å². The molecular weight excluding hydrogens is 244 g/mol. The fourth-order valence-electron chi connectivity index (χ4n) is 3.23. The van der Waals surface area contributed by atoms with Crippen LogP contribution < -0.4 is 10.6 Å². The number of nitrogen functional groups attached to an aromatic ring is 1. The third-order valence-electron chi connectivity index (χ3n) is 3.95. The first-order valence-electron chi connectivity index (χ1n) is 6.90. The van der Waals surface area contributed by atoms with Crippen molar-refractivity contribution in [2.75, 3.05) is 23.7 Å². The highest BCUT2D eigenvalue weighted by atomic mass is 35.5. The van der Waals surface area contributed by atoms with Crippen LogP contribution in [0.5, 0.6) is 0 Å². The van der Waals surface area contributed by atoms with Crippen molar-refractivity contribution in [2.45, 2.75) is 39.5 Å². The Hall–Kier alpha value is -0.890. The highest BCUT2D eigenvalue weighted by Crippen LogP contribution is 2.43. The van der Waals surface area contributed by atoms with Crippen LogP contribution in [0.25, 0.3) is 0 Å². The summed E-state index contributed by atoms with van der Waals surface area (Å²) in [5.74, 6) is 0. The van der Waals surface area contributed by atoms with Crippen molar-refractivity contribution < 1.29 is 0 Å². The van der Waals surface area contributed by atoms with Gasteiger partial charge < -0.3 is 10.6 Å². The summed E-state index contributed by atoms with van der Waals surface area (Å²) in [6.07, 6.45) is 5.16. The standard InChI is InChI=1S/C15H23ClN2/c1-3-7-15(8-4-2)10-18(11-15)14-9-12(16)5-6-13(14)17/h5-6,9H,3-4,7-8,10-11,17H2,1-2H3. The van der Waals surface area contributed by atoms with E-state index in [9.17, 15) is 0 Å². The number of nitrogens with two attached hydrogens (primary N) is 1. The second-order valence-electron chi connectivity index (χ2n) is 5.56. The summed E-state index contributed by atoms with van der Waals surface area (Å²) in [7, 11) is 0. The summed E-state index contributed by atoms with van der Waals surface area (Å²) in [4.78, 5) is 2.37. The Labute approximate surface area is 115 Å². The van der Waals surface area contributed by atoms with Gasteiger partial charge in [-0.15, -0.1) is 0 Å². The van der Waals surface area contributed by atoms with Crippen LogP contribution in [0.3, 0.4) is 0 Å². The van der Waals surface area contributed by atoms with Gasteiger partial charge in [-0.2, -0.15) is 0 Å². The number of rotatable bonds is 5. The molecule has 0 atom stereocenters. The Bertz CT molecular complexity index is 403. The maximum Gasteiger partial charge on any atom is 0.0615 e. The highest BCUT2D eigenvalue weighted by Gasteiger charge is 2.41. The van der Waals surface area contributed by atoms with E-state index in [1.807, 2.05) is 18.2 Å². The van der Waals surface area contributed by atoms with E-state index in [1.165, 1.54) is 25.7 Å². The molecule has 3 heteroatoms. The van der Waals surface area contributed by atoms with Crippen molar-refractivity contribution in [3.8, 4) is 0 Å². The number of anilines is 2. The topological polar surface area (TPSA) is 29.3 Å². The Morgan fingerprint density at radius 2 is 1.83 bits per heavy atom. The predicted molar refractivity (Wildman–Crippen MR) is 80.3 cm³/mol.